The van der Waals surface area contributed by atoms with Crippen LogP contribution in [0, 0.1) is 6.92 Å². The first-order valence-corrected chi connectivity index (χ1v) is 16.5. The van der Waals surface area contributed by atoms with Crippen LogP contribution in [0.15, 0.2) is 114 Å². The first-order chi connectivity index (χ1) is 21.2. The summed E-state index contributed by atoms with van der Waals surface area (Å²) in [6, 6.07) is 31.8. The van der Waals surface area contributed by atoms with Crippen molar-refractivity contribution in [2.24, 2.45) is 0 Å². The van der Waals surface area contributed by atoms with Crippen LogP contribution in [0.1, 0.15) is 42.5 Å². The van der Waals surface area contributed by atoms with Crippen molar-refractivity contribution in [1.82, 2.24) is 10.2 Å². The number of rotatable bonds is 14. The van der Waals surface area contributed by atoms with Crippen LogP contribution in [-0.2, 0) is 39.0 Å². The largest absolute Gasteiger partial charge is 0.354 e. The van der Waals surface area contributed by atoms with Gasteiger partial charge in [0.05, 0.1) is 10.6 Å². The molecule has 4 aromatic rings. The number of anilines is 1. The van der Waals surface area contributed by atoms with E-state index in [4.69, 9.17) is 0 Å². The Bertz CT molecular complexity index is 1610. The SMILES string of the molecule is CCCNC(=O)C(Cc1ccccc1)N(Cc1ccc(C)cc1)C(=O)CN(c1ccc(CC)cc1)S(=O)(=O)c1ccccc1. The van der Waals surface area contributed by atoms with Gasteiger partial charge in [0.1, 0.15) is 12.6 Å². The van der Waals surface area contributed by atoms with Crippen molar-refractivity contribution in [2.45, 2.75) is 57.5 Å². The Kier molecular flexibility index (Phi) is 11.3. The van der Waals surface area contributed by atoms with E-state index in [2.05, 4.69) is 5.32 Å². The molecule has 0 saturated carbocycles. The molecule has 0 aliphatic heterocycles. The third-order valence-corrected chi connectivity index (χ3v) is 9.32. The number of nitrogens with zero attached hydrogens (tertiary/aromatic N) is 2. The number of carbonyl (C=O) groups excluding carboxylic acids is 2. The summed E-state index contributed by atoms with van der Waals surface area (Å²) in [6.07, 6.45) is 1.82. The summed E-state index contributed by atoms with van der Waals surface area (Å²) < 4.78 is 29.3. The third kappa shape index (κ3) is 8.35. The van der Waals surface area contributed by atoms with Crippen molar-refractivity contribution in [2.75, 3.05) is 17.4 Å². The normalized spacial score (nSPS) is 11.9. The lowest BCUT2D eigenvalue weighted by atomic mass is 10.0. The smallest absolute Gasteiger partial charge is 0.264 e. The van der Waals surface area contributed by atoms with Gasteiger partial charge < -0.3 is 10.2 Å². The Labute approximate surface area is 261 Å². The summed E-state index contributed by atoms with van der Waals surface area (Å²) in [5, 5.41) is 2.97. The molecule has 44 heavy (non-hydrogen) atoms. The first-order valence-electron chi connectivity index (χ1n) is 15.1. The number of hydrogen-bond donors (Lipinski definition) is 1. The molecule has 0 bridgehead atoms. The van der Waals surface area contributed by atoms with Gasteiger partial charge in [-0.2, -0.15) is 0 Å². The molecule has 0 aliphatic rings. The Morgan fingerprint density at radius 3 is 1.93 bits per heavy atom. The number of nitrogens with one attached hydrogen (secondary N) is 1. The van der Waals surface area contributed by atoms with Crippen molar-refractivity contribution in [3.63, 3.8) is 0 Å². The fourth-order valence-corrected chi connectivity index (χ4v) is 6.39. The van der Waals surface area contributed by atoms with E-state index in [0.29, 0.717) is 12.2 Å². The van der Waals surface area contributed by atoms with Crippen molar-refractivity contribution >= 4 is 27.5 Å². The lowest BCUT2D eigenvalue weighted by Gasteiger charge is -2.34. The van der Waals surface area contributed by atoms with Gasteiger partial charge in [0.25, 0.3) is 10.0 Å². The first kappa shape index (κ1) is 32.5. The molecule has 0 aliphatic carbocycles. The van der Waals surface area contributed by atoms with Crippen LogP contribution in [0.25, 0.3) is 0 Å². The standard InChI is InChI=1S/C36H41N3O4S/c1-4-24-37-36(41)34(25-30-12-8-6-9-13-30)38(26-31-18-16-28(3)17-19-31)35(40)27-39(32-22-20-29(5-2)21-23-32)44(42,43)33-14-10-7-11-15-33/h6-23,34H,4-5,24-27H2,1-3H3,(H,37,41). The second-order valence-corrected chi connectivity index (χ2v) is 12.7. The quantitative estimate of drug-likeness (QED) is 0.192. The highest BCUT2D eigenvalue weighted by atomic mass is 32.2. The number of carbonyl (C=O) groups is 2. The van der Waals surface area contributed by atoms with Gasteiger partial charge in [-0.3, -0.25) is 13.9 Å². The predicted octanol–water partition coefficient (Wildman–Crippen LogP) is 5.92. The minimum absolute atomic E-state index is 0.0824. The van der Waals surface area contributed by atoms with Crippen LogP contribution in [0.4, 0.5) is 5.69 Å². The molecule has 0 aromatic heterocycles. The average Bonchev–Trinajstić information content (AvgIpc) is 3.05. The molecule has 2 amide bonds. The van der Waals surface area contributed by atoms with E-state index in [9.17, 15) is 18.0 Å². The van der Waals surface area contributed by atoms with Gasteiger partial charge in [-0.05, 0) is 60.7 Å². The molecule has 0 saturated heterocycles. The second-order valence-electron chi connectivity index (χ2n) is 10.8. The van der Waals surface area contributed by atoms with E-state index in [-0.39, 0.29) is 23.8 Å². The highest BCUT2D eigenvalue weighted by Crippen LogP contribution is 2.25. The van der Waals surface area contributed by atoms with Crippen LogP contribution < -0.4 is 9.62 Å². The molecule has 4 aromatic carbocycles. The Hall–Kier alpha value is -4.43. The molecule has 1 atom stereocenters. The second kappa shape index (κ2) is 15.3. The topological polar surface area (TPSA) is 86.8 Å². The number of hydrogen-bond acceptors (Lipinski definition) is 4. The number of sulfonamides is 1. The highest BCUT2D eigenvalue weighted by Gasteiger charge is 2.34. The molecule has 1 unspecified atom stereocenters. The van der Waals surface area contributed by atoms with Gasteiger partial charge >= 0.3 is 0 Å². The maximum Gasteiger partial charge on any atom is 0.264 e. The van der Waals surface area contributed by atoms with E-state index in [0.717, 1.165) is 39.4 Å². The minimum Gasteiger partial charge on any atom is -0.354 e. The van der Waals surface area contributed by atoms with Crippen molar-refractivity contribution in [1.29, 1.82) is 0 Å². The molecule has 0 spiro atoms. The van der Waals surface area contributed by atoms with E-state index in [1.807, 2.05) is 87.5 Å². The summed E-state index contributed by atoms with van der Waals surface area (Å²) in [5.74, 6) is -0.752. The zero-order valence-electron chi connectivity index (χ0n) is 25.6. The summed E-state index contributed by atoms with van der Waals surface area (Å²) in [4.78, 5) is 29.8. The zero-order chi connectivity index (χ0) is 31.5. The molecule has 1 N–H and O–H groups in total. The Morgan fingerprint density at radius 1 is 0.750 bits per heavy atom. The fraction of sp³-hybridized carbons (Fsp3) is 0.278. The Balaban J connectivity index is 1.78. The number of aryl methyl sites for hydroxylation is 2. The molecular formula is C36H41N3O4S. The van der Waals surface area contributed by atoms with Crippen molar-refractivity contribution in [3.8, 4) is 0 Å². The van der Waals surface area contributed by atoms with Gasteiger partial charge in [0.2, 0.25) is 11.8 Å². The van der Waals surface area contributed by atoms with Gasteiger partial charge in [0, 0.05) is 19.5 Å². The molecule has 0 heterocycles. The number of benzene rings is 4. The van der Waals surface area contributed by atoms with Crippen LogP contribution in [0.3, 0.4) is 0 Å². The summed E-state index contributed by atoms with van der Waals surface area (Å²) in [6.45, 7) is 6.12. The summed E-state index contributed by atoms with van der Waals surface area (Å²) >= 11 is 0. The van der Waals surface area contributed by atoms with Crippen LogP contribution in [-0.4, -0.2) is 44.3 Å². The highest BCUT2D eigenvalue weighted by molar-refractivity contribution is 7.92. The molecule has 7 nitrogen and oxygen atoms in total. The van der Waals surface area contributed by atoms with Crippen LogP contribution in [0.5, 0.6) is 0 Å². The Morgan fingerprint density at radius 2 is 1.34 bits per heavy atom. The van der Waals surface area contributed by atoms with Crippen LogP contribution >= 0.6 is 0 Å². The molecular weight excluding hydrogens is 570 g/mol. The van der Waals surface area contributed by atoms with Gasteiger partial charge in [-0.25, -0.2) is 8.42 Å². The maximum absolute atomic E-state index is 14.4. The van der Waals surface area contributed by atoms with E-state index < -0.39 is 28.5 Å². The molecule has 8 heteroatoms. The fourth-order valence-electron chi connectivity index (χ4n) is 4.96. The molecule has 0 radical (unpaired) electrons. The molecule has 230 valence electrons. The van der Waals surface area contributed by atoms with Gasteiger partial charge in [-0.1, -0.05) is 104 Å². The van der Waals surface area contributed by atoms with Crippen LogP contribution in [0.2, 0.25) is 0 Å². The average molecular weight is 612 g/mol. The third-order valence-electron chi connectivity index (χ3n) is 7.54. The lowest BCUT2D eigenvalue weighted by molar-refractivity contribution is -0.140. The summed E-state index contributed by atoms with van der Waals surface area (Å²) in [7, 11) is -4.11. The number of amides is 2. The van der Waals surface area contributed by atoms with Gasteiger partial charge in [0.15, 0.2) is 0 Å². The van der Waals surface area contributed by atoms with Crippen molar-refractivity contribution in [3.05, 3.63) is 131 Å². The summed E-state index contributed by atoms with van der Waals surface area (Å²) in [5.41, 5.74) is 4.24. The molecule has 4 rings (SSSR count). The van der Waals surface area contributed by atoms with Crippen molar-refractivity contribution < 1.29 is 18.0 Å². The van der Waals surface area contributed by atoms with E-state index in [1.54, 1.807) is 30.3 Å². The predicted molar refractivity (Wildman–Crippen MR) is 176 cm³/mol. The maximum atomic E-state index is 14.4. The molecule has 0 fully saturated rings. The minimum atomic E-state index is -4.11. The zero-order valence-corrected chi connectivity index (χ0v) is 26.5. The van der Waals surface area contributed by atoms with E-state index in [1.165, 1.54) is 17.0 Å². The van der Waals surface area contributed by atoms with E-state index >= 15 is 0 Å². The van der Waals surface area contributed by atoms with Gasteiger partial charge in [-0.15, -0.1) is 0 Å². The lowest BCUT2D eigenvalue weighted by Crippen LogP contribution is -2.53. The monoisotopic (exact) mass is 611 g/mol.